The summed E-state index contributed by atoms with van der Waals surface area (Å²) >= 11 is 0. The third-order valence-electron chi connectivity index (χ3n) is 5.02. The van der Waals surface area contributed by atoms with Crippen LogP contribution in [0.2, 0.25) is 0 Å². The van der Waals surface area contributed by atoms with Gasteiger partial charge in [-0.25, -0.2) is 8.42 Å². The molecule has 0 aromatic heterocycles. The van der Waals surface area contributed by atoms with Crippen LogP contribution in [0.15, 0.2) is 47.4 Å². The van der Waals surface area contributed by atoms with E-state index in [1.54, 1.807) is 19.1 Å². The second-order valence-corrected chi connectivity index (χ2v) is 9.26. The highest BCUT2D eigenvalue weighted by atomic mass is 32.2. The molecule has 1 fully saturated rings. The zero-order valence-corrected chi connectivity index (χ0v) is 17.0. The number of benzene rings is 2. The number of rotatable bonds is 4. The molecular formula is C21H26N2O3S. The number of carbonyl (C=O) groups is 1. The smallest absolute Gasteiger partial charge is 0.244 e. The highest BCUT2D eigenvalue weighted by molar-refractivity contribution is 7.89. The van der Waals surface area contributed by atoms with Gasteiger partial charge in [-0.2, -0.15) is 4.31 Å². The van der Waals surface area contributed by atoms with E-state index in [1.165, 1.54) is 4.31 Å². The largest absolute Gasteiger partial charge is 0.353 e. The van der Waals surface area contributed by atoms with Crippen LogP contribution in [0.5, 0.6) is 0 Å². The van der Waals surface area contributed by atoms with Crippen molar-refractivity contribution in [3.8, 4) is 0 Å². The van der Waals surface area contributed by atoms with Crippen LogP contribution in [0.4, 0.5) is 0 Å². The molecule has 0 aliphatic carbocycles. The molecule has 1 unspecified atom stereocenters. The first-order chi connectivity index (χ1) is 12.7. The molecule has 2 aromatic carbocycles. The number of nitrogens with zero attached hydrogens (tertiary/aromatic N) is 1. The molecule has 5 nitrogen and oxygen atoms in total. The van der Waals surface area contributed by atoms with Gasteiger partial charge < -0.3 is 5.32 Å². The summed E-state index contributed by atoms with van der Waals surface area (Å²) in [5.74, 6) is 0.0847. The summed E-state index contributed by atoms with van der Waals surface area (Å²) < 4.78 is 28.2. The normalized spacial score (nSPS) is 18.6. The van der Waals surface area contributed by atoms with E-state index in [4.69, 9.17) is 0 Å². The predicted octanol–water partition coefficient (Wildman–Crippen LogP) is 3.29. The minimum atomic E-state index is -3.80. The van der Waals surface area contributed by atoms with Gasteiger partial charge >= 0.3 is 0 Å². The van der Waals surface area contributed by atoms with E-state index in [9.17, 15) is 13.2 Å². The van der Waals surface area contributed by atoms with Gasteiger partial charge in [-0.05, 0) is 48.1 Å². The molecule has 1 aliphatic rings. The van der Waals surface area contributed by atoms with Crippen molar-refractivity contribution in [1.82, 2.24) is 9.62 Å². The summed E-state index contributed by atoms with van der Waals surface area (Å²) in [6, 6.07) is 12.2. The quantitative estimate of drug-likeness (QED) is 0.877. The molecule has 1 atom stereocenters. The first-order valence-corrected chi connectivity index (χ1v) is 10.6. The van der Waals surface area contributed by atoms with Gasteiger partial charge in [0.25, 0.3) is 0 Å². The van der Waals surface area contributed by atoms with Gasteiger partial charge in [0.05, 0.1) is 4.90 Å². The first-order valence-electron chi connectivity index (χ1n) is 9.18. The number of carbonyl (C=O) groups excluding carboxylic acids is 1. The van der Waals surface area contributed by atoms with Crippen molar-refractivity contribution in [2.75, 3.05) is 13.1 Å². The van der Waals surface area contributed by atoms with Gasteiger partial charge in [-0.1, -0.05) is 50.2 Å². The van der Waals surface area contributed by atoms with E-state index in [0.717, 1.165) is 11.1 Å². The molecule has 1 amide bonds. The van der Waals surface area contributed by atoms with Crippen molar-refractivity contribution in [2.24, 2.45) is 0 Å². The van der Waals surface area contributed by atoms with Gasteiger partial charge in [-0.15, -0.1) is 0 Å². The zero-order chi connectivity index (χ0) is 19.8. The van der Waals surface area contributed by atoms with Crippen LogP contribution >= 0.6 is 0 Å². The summed E-state index contributed by atoms with van der Waals surface area (Å²) in [4.78, 5) is 12.9. The molecule has 0 saturated carbocycles. The second-order valence-electron chi connectivity index (χ2n) is 7.40. The van der Waals surface area contributed by atoms with E-state index in [2.05, 4.69) is 19.2 Å². The fraction of sp³-hybridized carbons (Fsp3) is 0.381. The van der Waals surface area contributed by atoms with E-state index in [1.807, 2.05) is 37.3 Å². The van der Waals surface area contributed by atoms with Crippen LogP contribution in [0.25, 0.3) is 0 Å². The standard InChI is InChI=1S/C21H26N2O3S/c1-14(2)17-7-9-18(10-8-17)20-21(24)22-11-12-23(20)27(25,26)19-13-15(3)5-6-16(19)4/h5-10,13-14,20H,11-12H2,1-4H3,(H,22,24). The van der Waals surface area contributed by atoms with Crippen LogP contribution in [-0.2, 0) is 14.8 Å². The zero-order valence-electron chi connectivity index (χ0n) is 16.2. The Bertz CT molecular complexity index is 950. The van der Waals surface area contributed by atoms with Crippen LogP contribution < -0.4 is 5.32 Å². The van der Waals surface area contributed by atoms with Crippen molar-refractivity contribution in [1.29, 1.82) is 0 Å². The summed E-state index contributed by atoms with van der Waals surface area (Å²) in [7, 11) is -3.80. The van der Waals surface area contributed by atoms with Gasteiger partial charge in [-0.3, -0.25) is 4.79 Å². The summed E-state index contributed by atoms with van der Waals surface area (Å²) in [6.45, 7) is 8.40. The third-order valence-corrected chi connectivity index (χ3v) is 7.02. The van der Waals surface area contributed by atoms with Crippen LogP contribution in [0, 0.1) is 13.8 Å². The van der Waals surface area contributed by atoms with Crippen LogP contribution in [0.1, 0.15) is 48.1 Å². The van der Waals surface area contributed by atoms with Crippen molar-refractivity contribution in [3.05, 3.63) is 64.7 Å². The molecular weight excluding hydrogens is 360 g/mol. The molecule has 1 aliphatic heterocycles. The minimum Gasteiger partial charge on any atom is -0.353 e. The van der Waals surface area contributed by atoms with Crippen molar-refractivity contribution < 1.29 is 13.2 Å². The fourth-order valence-corrected chi connectivity index (χ4v) is 5.29. The molecule has 0 radical (unpaired) electrons. The summed E-state index contributed by atoms with van der Waals surface area (Å²) in [5, 5.41) is 2.80. The predicted molar refractivity (Wildman–Crippen MR) is 106 cm³/mol. The Morgan fingerprint density at radius 1 is 1.07 bits per heavy atom. The van der Waals surface area contributed by atoms with E-state index >= 15 is 0 Å². The minimum absolute atomic E-state index is 0.248. The Hall–Kier alpha value is -2.18. The topological polar surface area (TPSA) is 66.5 Å². The molecule has 1 saturated heterocycles. The Morgan fingerprint density at radius 2 is 1.74 bits per heavy atom. The molecule has 2 aromatic rings. The van der Waals surface area contributed by atoms with Crippen molar-refractivity contribution in [3.63, 3.8) is 0 Å². The molecule has 0 bridgehead atoms. The Kier molecular flexibility index (Phi) is 5.40. The van der Waals surface area contributed by atoms with E-state index in [0.29, 0.717) is 23.6 Å². The number of aryl methyl sites for hydroxylation is 2. The van der Waals surface area contributed by atoms with E-state index in [-0.39, 0.29) is 17.3 Å². The van der Waals surface area contributed by atoms with Gasteiger partial charge in [0.1, 0.15) is 6.04 Å². The van der Waals surface area contributed by atoms with Crippen molar-refractivity contribution >= 4 is 15.9 Å². The number of hydrogen-bond acceptors (Lipinski definition) is 3. The molecule has 27 heavy (non-hydrogen) atoms. The third kappa shape index (κ3) is 3.77. The maximum absolute atomic E-state index is 13.4. The molecule has 1 heterocycles. The molecule has 3 rings (SSSR count). The summed E-state index contributed by atoms with van der Waals surface area (Å²) in [6.07, 6.45) is 0. The number of hydrogen-bond donors (Lipinski definition) is 1. The fourth-order valence-electron chi connectivity index (χ4n) is 3.40. The maximum atomic E-state index is 13.4. The van der Waals surface area contributed by atoms with Gasteiger partial charge in [0.15, 0.2) is 0 Å². The number of amides is 1. The lowest BCUT2D eigenvalue weighted by atomic mass is 9.98. The van der Waals surface area contributed by atoms with E-state index < -0.39 is 16.1 Å². The number of sulfonamides is 1. The lowest BCUT2D eigenvalue weighted by Gasteiger charge is -2.34. The average Bonchev–Trinajstić information content (AvgIpc) is 2.63. The average molecular weight is 387 g/mol. The Labute approximate surface area is 161 Å². The second kappa shape index (κ2) is 7.44. The molecule has 144 valence electrons. The number of piperazine rings is 1. The van der Waals surface area contributed by atoms with Crippen LogP contribution in [-0.4, -0.2) is 31.7 Å². The molecule has 6 heteroatoms. The highest BCUT2D eigenvalue weighted by Crippen LogP contribution is 2.32. The Balaban J connectivity index is 2.06. The lowest BCUT2D eigenvalue weighted by molar-refractivity contribution is -0.126. The molecule has 0 spiro atoms. The monoisotopic (exact) mass is 386 g/mol. The van der Waals surface area contributed by atoms with Gasteiger partial charge in [0.2, 0.25) is 15.9 Å². The first kappa shape index (κ1) is 19.6. The van der Waals surface area contributed by atoms with Crippen molar-refractivity contribution in [2.45, 2.75) is 44.6 Å². The molecule has 1 N–H and O–H groups in total. The SMILES string of the molecule is Cc1ccc(C)c(S(=O)(=O)N2CCNC(=O)C2c2ccc(C(C)C)cc2)c1. The van der Waals surface area contributed by atoms with Crippen LogP contribution in [0.3, 0.4) is 0 Å². The maximum Gasteiger partial charge on any atom is 0.244 e. The summed E-state index contributed by atoms with van der Waals surface area (Å²) in [5.41, 5.74) is 3.39. The Morgan fingerprint density at radius 3 is 2.37 bits per heavy atom. The highest BCUT2D eigenvalue weighted by Gasteiger charge is 2.40. The lowest BCUT2D eigenvalue weighted by Crippen LogP contribution is -2.52. The van der Waals surface area contributed by atoms with Gasteiger partial charge in [0, 0.05) is 13.1 Å². The number of nitrogens with one attached hydrogen (secondary N) is 1.